The average molecular weight is 341 g/mol. The fourth-order valence-corrected chi connectivity index (χ4v) is 3.96. The third-order valence-electron chi connectivity index (χ3n) is 3.71. The van der Waals surface area contributed by atoms with Crippen LogP contribution in [-0.4, -0.2) is 39.6 Å². The van der Waals surface area contributed by atoms with Gasteiger partial charge in [-0.3, -0.25) is 4.21 Å². The predicted octanol–water partition coefficient (Wildman–Crippen LogP) is 3.58. The molecule has 0 radical (unpaired) electrons. The van der Waals surface area contributed by atoms with Gasteiger partial charge in [-0.25, -0.2) is 9.18 Å². The van der Waals surface area contributed by atoms with E-state index in [0.29, 0.717) is 23.7 Å². The number of ether oxygens (including phenoxy) is 1. The number of halogens is 1. The van der Waals surface area contributed by atoms with Crippen molar-refractivity contribution < 1.29 is 18.1 Å². The summed E-state index contributed by atoms with van der Waals surface area (Å²) in [6, 6.07) is 5.94. The van der Waals surface area contributed by atoms with Crippen molar-refractivity contribution >= 4 is 16.9 Å². The molecule has 0 aliphatic carbocycles. The molecule has 0 unspecified atom stereocenters. The second-order valence-electron chi connectivity index (χ2n) is 6.88. The van der Waals surface area contributed by atoms with Gasteiger partial charge in [0.05, 0.1) is 10.8 Å². The molecule has 1 fully saturated rings. The summed E-state index contributed by atoms with van der Waals surface area (Å²) in [5, 5.41) is 0. The van der Waals surface area contributed by atoms with Crippen molar-refractivity contribution in [1.29, 1.82) is 0 Å². The van der Waals surface area contributed by atoms with Crippen LogP contribution < -0.4 is 0 Å². The van der Waals surface area contributed by atoms with E-state index in [2.05, 4.69) is 0 Å². The number of rotatable bonds is 3. The molecule has 1 aromatic carbocycles. The lowest BCUT2D eigenvalue weighted by Gasteiger charge is -2.33. The molecule has 4 nitrogen and oxygen atoms in total. The molecule has 0 N–H and O–H groups in total. The lowest BCUT2D eigenvalue weighted by Crippen LogP contribution is -2.42. The smallest absolute Gasteiger partial charge is 0.410 e. The van der Waals surface area contributed by atoms with Gasteiger partial charge in [-0.1, -0.05) is 6.07 Å². The Bertz CT molecular complexity index is 577. The van der Waals surface area contributed by atoms with E-state index in [-0.39, 0.29) is 17.8 Å². The molecule has 23 heavy (non-hydrogen) atoms. The first kappa shape index (κ1) is 17.9. The summed E-state index contributed by atoms with van der Waals surface area (Å²) in [5.74, 6) is 0.416. The lowest BCUT2D eigenvalue weighted by atomic mass is 9.99. The topological polar surface area (TPSA) is 46.6 Å². The first-order chi connectivity index (χ1) is 10.7. The van der Waals surface area contributed by atoms with Gasteiger partial charge in [0.1, 0.15) is 11.4 Å². The minimum absolute atomic E-state index is 0.276. The standard InChI is InChI=1S/C17H24FNO3S/c1-17(2,3)22-16(20)19-9-7-13(8-10-19)12-23(21)15-6-4-5-14(18)11-15/h4-6,11,13H,7-10,12H2,1-3H3/t23-/m0/s1. The molecule has 0 saturated carbocycles. The number of piperidine rings is 1. The van der Waals surface area contributed by atoms with Crippen LogP contribution in [0.1, 0.15) is 33.6 Å². The molecule has 2 rings (SSSR count). The molecule has 1 saturated heterocycles. The molecule has 0 aromatic heterocycles. The van der Waals surface area contributed by atoms with Crippen molar-refractivity contribution in [3.63, 3.8) is 0 Å². The highest BCUT2D eigenvalue weighted by Gasteiger charge is 2.27. The molecular formula is C17H24FNO3S. The number of likely N-dealkylation sites (tertiary alicyclic amines) is 1. The van der Waals surface area contributed by atoms with Gasteiger partial charge in [0.15, 0.2) is 0 Å². The van der Waals surface area contributed by atoms with Gasteiger partial charge in [-0.05, 0) is 57.7 Å². The van der Waals surface area contributed by atoms with Crippen LogP contribution in [0.25, 0.3) is 0 Å². The van der Waals surface area contributed by atoms with Gasteiger partial charge in [-0.15, -0.1) is 0 Å². The number of hydrogen-bond acceptors (Lipinski definition) is 3. The van der Waals surface area contributed by atoms with E-state index >= 15 is 0 Å². The van der Waals surface area contributed by atoms with Crippen molar-refractivity contribution in [2.45, 2.75) is 44.1 Å². The van der Waals surface area contributed by atoms with Crippen LogP contribution in [0.3, 0.4) is 0 Å². The molecule has 6 heteroatoms. The van der Waals surface area contributed by atoms with Crippen molar-refractivity contribution in [1.82, 2.24) is 4.90 Å². The lowest BCUT2D eigenvalue weighted by molar-refractivity contribution is 0.0191. The summed E-state index contributed by atoms with van der Waals surface area (Å²) < 4.78 is 30.9. The van der Waals surface area contributed by atoms with Crippen molar-refractivity contribution in [2.75, 3.05) is 18.8 Å². The zero-order chi connectivity index (χ0) is 17.0. The maximum Gasteiger partial charge on any atom is 0.410 e. The van der Waals surface area contributed by atoms with E-state index in [9.17, 15) is 13.4 Å². The number of amides is 1. The number of carbonyl (C=O) groups is 1. The first-order valence-electron chi connectivity index (χ1n) is 7.86. The fourth-order valence-electron chi connectivity index (χ4n) is 2.53. The highest BCUT2D eigenvalue weighted by Crippen LogP contribution is 2.22. The highest BCUT2D eigenvalue weighted by atomic mass is 32.2. The van der Waals surface area contributed by atoms with E-state index in [1.807, 2.05) is 20.8 Å². The largest absolute Gasteiger partial charge is 0.444 e. The van der Waals surface area contributed by atoms with E-state index in [0.717, 1.165) is 12.8 Å². The van der Waals surface area contributed by atoms with E-state index in [4.69, 9.17) is 4.74 Å². The Balaban J connectivity index is 1.83. The van der Waals surface area contributed by atoms with Crippen molar-refractivity contribution in [2.24, 2.45) is 5.92 Å². The minimum atomic E-state index is -1.20. The van der Waals surface area contributed by atoms with Gasteiger partial charge in [-0.2, -0.15) is 0 Å². The molecule has 1 aliphatic heterocycles. The second-order valence-corrected chi connectivity index (χ2v) is 8.38. The fraction of sp³-hybridized carbons (Fsp3) is 0.588. The summed E-state index contributed by atoms with van der Waals surface area (Å²) in [5.41, 5.74) is -0.493. The molecule has 0 bridgehead atoms. The molecule has 1 aromatic rings. The van der Waals surface area contributed by atoms with Crippen molar-refractivity contribution in [3.05, 3.63) is 30.1 Å². The van der Waals surface area contributed by atoms with Gasteiger partial charge in [0.25, 0.3) is 0 Å². The Morgan fingerprint density at radius 3 is 2.57 bits per heavy atom. The van der Waals surface area contributed by atoms with Gasteiger partial charge < -0.3 is 9.64 Å². The van der Waals surface area contributed by atoms with Crippen LogP contribution in [-0.2, 0) is 15.5 Å². The zero-order valence-corrected chi connectivity index (χ0v) is 14.7. The second kappa shape index (κ2) is 7.43. The van der Waals surface area contributed by atoms with E-state index in [1.165, 1.54) is 12.1 Å². The van der Waals surface area contributed by atoms with E-state index in [1.54, 1.807) is 17.0 Å². The summed E-state index contributed by atoms with van der Waals surface area (Å²) in [4.78, 5) is 14.2. The molecule has 128 valence electrons. The Morgan fingerprint density at radius 2 is 2.00 bits per heavy atom. The molecule has 1 amide bonds. The minimum Gasteiger partial charge on any atom is -0.444 e. The number of nitrogens with zero attached hydrogens (tertiary/aromatic N) is 1. The summed E-state index contributed by atoms with van der Waals surface area (Å²) in [6.45, 7) is 6.76. The molecule has 0 spiro atoms. The summed E-state index contributed by atoms with van der Waals surface area (Å²) in [7, 11) is -1.20. The quantitative estimate of drug-likeness (QED) is 0.844. The Hall–Kier alpha value is -1.43. The highest BCUT2D eigenvalue weighted by molar-refractivity contribution is 7.85. The zero-order valence-electron chi connectivity index (χ0n) is 13.9. The molecule has 1 aliphatic rings. The van der Waals surface area contributed by atoms with Crippen LogP contribution in [0.4, 0.5) is 9.18 Å². The first-order valence-corrected chi connectivity index (χ1v) is 9.18. The Kier molecular flexibility index (Phi) is 5.79. The van der Waals surface area contributed by atoms with Gasteiger partial charge in [0.2, 0.25) is 0 Å². The Morgan fingerprint density at radius 1 is 1.35 bits per heavy atom. The molecule has 1 atom stereocenters. The Labute approximate surface area is 139 Å². The van der Waals surface area contributed by atoms with Crippen LogP contribution in [0, 0.1) is 11.7 Å². The van der Waals surface area contributed by atoms with Crippen LogP contribution >= 0.6 is 0 Å². The third kappa shape index (κ3) is 5.61. The molecular weight excluding hydrogens is 317 g/mol. The average Bonchev–Trinajstić information content (AvgIpc) is 2.46. The van der Waals surface area contributed by atoms with Crippen LogP contribution in [0.2, 0.25) is 0 Å². The maximum atomic E-state index is 13.2. The molecule has 1 heterocycles. The van der Waals surface area contributed by atoms with Crippen LogP contribution in [0.15, 0.2) is 29.2 Å². The normalized spacial score (nSPS) is 17.8. The van der Waals surface area contributed by atoms with E-state index < -0.39 is 16.4 Å². The van der Waals surface area contributed by atoms with Gasteiger partial charge in [0, 0.05) is 23.7 Å². The van der Waals surface area contributed by atoms with Crippen molar-refractivity contribution in [3.8, 4) is 0 Å². The number of carbonyl (C=O) groups excluding carboxylic acids is 1. The van der Waals surface area contributed by atoms with Gasteiger partial charge >= 0.3 is 6.09 Å². The number of benzene rings is 1. The predicted molar refractivity (Wildman–Crippen MR) is 88.2 cm³/mol. The number of hydrogen-bond donors (Lipinski definition) is 0. The van der Waals surface area contributed by atoms with Crippen LogP contribution in [0.5, 0.6) is 0 Å². The summed E-state index contributed by atoms with van der Waals surface area (Å²) >= 11 is 0. The summed E-state index contributed by atoms with van der Waals surface area (Å²) in [6.07, 6.45) is 1.29. The SMILES string of the molecule is CC(C)(C)OC(=O)N1CCC(C[S@](=O)c2cccc(F)c2)CC1. The maximum absolute atomic E-state index is 13.2. The monoisotopic (exact) mass is 341 g/mol. The third-order valence-corrected chi connectivity index (χ3v) is 5.27.